The van der Waals surface area contributed by atoms with Gasteiger partial charge in [-0.15, -0.1) is 0 Å². The molecule has 2 heterocycles. The molecule has 3 rings (SSSR count). The molecule has 6 nitrogen and oxygen atoms in total. The number of aryl methyl sites for hydroxylation is 1. The van der Waals surface area contributed by atoms with Gasteiger partial charge in [0.15, 0.2) is 0 Å². The largest absolute Gasteiger partial charge is 0.480 e. The fourth-order valence-electron chi connectivity index (χ4n) is 2.90. The van der Waals surface area contributed by atoms with Gasteiger partial charge in [-0.3, -0.25) is 9.48 Å². The van der Waals surface area contributed by atoms with E-state index in [4.69, 9.17) is 0 Å². The van der Waals surface area contributed by atoms with Gasteiger partial charge in [0.05, 0.1) is 17.8 Å². The van der Waals surface area contributed by atoms with Gasteiger partial charge in [0.1, 0.15) is 6.04 Å². The molecule has 1 fully saturated rings. The zero-order valence-corrected chi connectivity index (χ0v) is 11.8. The van der Waals surface area contributed by atoms with Gasteiger partial charge in [-0.25, -0.2) is 4.79 Å². The Labute approximate surface area is 122 Å². The third kappa shape index (κ3) is 2.26. The normalized spacial score (nSPS) is 18.6. The van der Waals surface area contributed by atoms with Gasteiger partial charge in [-0.2, -0.15) is 5.10 Å². The summed E-state index contributed by atoms with van der Waals surface area (Å²) >= 11 is 0. The average Bonchev–Trinajstić information content (AvgIpc) is 3.02. The number of benzene rings is 1. The maximum absolute atomic E-state index is 11.9. The maximum Gasteiger partial charge on any atom is 0.326 e. The molecule has 1 amide bonds. The molecule has 1 aliphatic rings. The van der Waals surface area contributed by atoms with Gasteiger partial charge in [0.25, 0.3) is 0 Å². The van der Waals surface area contributed by atoms with Gasteiger partial charge in [-0.1, -0.05) is 18.2 Å². The first-order valence-corrected chi connectivity index (χ1v) is 7.08. The monoisotopic (exact) mass is 287 g/mol. The van der Waals surface area contributed by atoms with E-state index in [9.17, 15) is 14.7 Å². The number of likely N-dealkylation sites (tertiary alicyclic amines) is 1. The molecule has 110 valence electrons. The van der Waals surface area contributed by atoms with Crippen LogP contribution in [0.3, 0.4) is 0 Å². The molecular formula is C15H17N3O3. The lowest BCUT2D eigenvalue weighted by molar-refractivity contribution is -0.146. The molecular weight excluding hydrogens is 270 g/mol. The summed E-state index contributed by atoms with van der Waals surface area (Å²) in [5.41, 5.74) is 1.77. The number of nitrogens with zero attached hydrogens (tertiary/aromatic N) is 3. The van der Waals surface area contributed by atoms with Crippen LogP contribution in [0.1, 0.15) is 25.5 Å². The van der Waals surface area contributed by atoms with E-state index in [2.05, 4.69) is 5.10 Å². The number of carbonyl (C=O) groups is 2. The van der Waals surface area contributed by atoms with Crippen LogP contribution in [0.4, 0.5) is 0 Å². The molecule has 2 aromatic rings. The van der Waals surface area contributed by atoms with E-state index in [1.54, 1.807) is 0 Å². The molecule has 0 bridgehead atoms. The van der Waals surface area contributed by atoms with Crippen molar-refractivity contribution in [1.29, 1.82) is 0 Å². The Morgan fingerprint density at radius 3 is 2.90 bits per heavy atom. The summed E-state index contributed by atoms with van der Waals surface area (Å²) in [5, 5.41) is 14.7. The Balaban J connectivity index is 1.98. The number of para-hydroxylation sites is 1. The zero-order chi connectivity index (χ0) is 15.0. The number of aliphatic carboxylic acids is 1. The van der Waals surface area contributed by atoms with Crippen LogP contribution in [0, 0.1) is 0 Å². The number of hydrogen-bond acceptors (Lipinski definition) is 3. The molecule has 1 aromatic carbocycles. The zero-order valence-electron chi connectivity index (χ0n) is 11.8. The lowest BCUT2D eigenvalue weighted by Crippen LogP contribution is -2.38. The predicted octanol–water partition coefficient (Wildman–Crippen LogP) is 1.63. The minimum atomic E-state index is -0.944. The SMILES string of the molecule is CCn1nc(CN2C(=O)CCC2C(=O)O)c2ccccc21. The number of hydrogen-bond donors (Lipinski definition) is 1. The number of aromatic nitrogens is 2. The smallest absolute Gasteiger partial charge is 0.326 e. The molecule has 1 N–H and O–H groups in total. The van der Waals surface area contributed by atoms with Gasteiger partial charge < -0.3 is 10.0 Å². The lowest BCUT2D eigenvalue weighted by atomic mass is 10.2. The quantitative estimate of drug-likeness (QED) is 0.927. The Kier molecular flexibility index (Phi) is 3.37. The standard InChI is InChI=1S/C15H17N3O3/c1-2-18-12-6-4-3-5-10(12)11(16-18)9-17-13(15(20)21)7-8-14(17)19/h3-6,13H,2,7-9H2,1H3,(H,20,21). The highest BCUT2D eigenvalue weighted by atomic mass is 16.4. The van der Waals surface area contributed by atoms with Crippen LogP contribution in [0.25, 0.3) is 10.9 Å². The van der Waals surface area contributed by atoms with E-state index in [1.807, 2.05) is 35.9 Å². The molecule has 0 spiro atoms. The summed E-state index contributed by atoms with van der Waals surface area (Å²) in [7, 11) is 0. The van der Waals surface area contributed by atoms with Crippen LogP contribution < -0.4 is 0 Å². The highest BCUT2D eigenvalue weighted by Gasteiger charge is 2.36. The van der Waals surface area contributed by atoms with Crippen molar-refractivity contribution in [3.8, 4) is 0 Å². The number of carboxylic acids is 1. The number of fused-ring (bicyclic) bond motifs is 1. The van der Waals surface area contributed by atoms with Gasteiger partial charge in [0, 0.05) is 18.4 Å². The third-order valence-corrected chi connectivity index (χ3v) is 3.97. The predicted molar refractivity (Wildman–Crippen MR) is 76.6 cm³/mol. The lowest BCUT2D eigenvalue weighted by Gasteiger charge is -2.20. The summed E-state index contributed by atoms with van der Waals surface area (Å²) in [6, 6.07) is 7.08. The number of carbonyl (C=O) groups excluding carboxylic acids is 1. The summed E-state index contributed by atoms with van der Waals surface area (Å²) < 4.78 is 1.88. The van der Waals surface area contributed by atoms with Crippen LogP contribution in [0.5, 0.6) is 0 Å². The summed E-state index contributed by atoms with van der Waals surface area (Å²) in [4.78, 5) is 24.6. The minimum Gasteiger partial charge on any atom is -0.480 e. The second kappa shape index (κ2) is 5.20. The first-order chi connectivity index (χ1) is 10.1. The minimum absolute atomic E-state index is 0.113. The highest BCUT2D eigenvalue weighted by Crippen LogP contribution is 2.25. The molecule has 0 aliphatic carbocycles. The first-order valence-electron chi connectivity index (χ1n) is 7.08. The fourth-order valence-corrected chi connectivity index (χ4v) is 2.90. The third-order valence-electron chi connectivity index (χ3n) is 3.97. The van der Waals surface area contributed by atoms with E-state index in [0.29, 0.717) is 12.8 Å². The van der Waals surface area contributed by atoms with Crippen LogP contribution in [0.2, 0.25) is 0 Å². The van der Waals surface area contributed by atoms with Crippen LogP contribution in [-0.4, -0.2) is 37.7 Å². The van der Waals surface area contributed by atoms with Crippen LogP contribution in [0.15, 0.2) is 24.3 Å². The van der Waals surface area contributed by atoms with E-state index < -0.39 is 12.0 Å². The molecule has 1 atom stereocenters. The highest BCUT2D eigenvalue weighted by molar-refractivity contribution is 5.88. The Morgan fingerprint density at radius 2 is 2.19 bits per heavy atom. The second-order valence-corrected chi connectivity index (χ2v) is 5.19. The summed E-state index contributed by atoms with van der Waals surface area (Å²) in [6.45, 7) is 2.99. The Morgan fingerprint density at radius 1 is 1.43 bits per heavy atom. The van der Waals surface area contributed by atoms with Gasteiger partial charge in [0.2, 0.25) is 5.91 Å². The average molecular weight is 287 g/mol. The van der Waals surface area contributed by atoms with Crippen LogP contribution in [-0.2, 0) is 22.7 Å². The van der Waals surface area contributed by atoms with Crippen molar-refractivity contribution >= 4 is 22.8 Å². The number of amides is 1. The Hall–Kier alpha value is -2.37. The molecule has 6 heteroatoms. The van der Waals surface area contributed by atoms with E-state index in [-0.39, 0.29) is 12.5 Å². The van der Waals surface area contributed by atoms with Crippen molar-refractivity contribution in [2.75, 3.05) is 0 Å². The molecule has 1 aromatic heterocycles. The molecule has 1 saturated heterocycles. The van der Waals surface area contributed by atoms with Crippen molar-refractivity contribution < 1.29 is 14.7 Å². The topological polar surface area (TPSA) is 75.4 Å². The van der Waals surface area contributed by atoms with E-state index >= 15 is 0 Å². The maximum atomic E-state index is 11.9. The van der Waals surface area contributed by atoms with Gasteiger partial charge >= 0.3 is 5.97 Å². The first kappa shape index (κ1) is 13.6. The van der Waals surface area contributed by atoms with Crippen molar-refractivity contribution in [2.45, 2.75) is 38.9 Å². The molecule has 0 saturated carbocycles. The van der Waals surface area contributed by atoms with E-state index in [1.165, 1.54) is 4.90 Å². The number of rotatable bonds is 4. The van der Waals surface area contributed by atoms with Crippen molar-refractivity contribution in [1.82, 2.24) is 14.7 Å². The Bertz CT molecular complexity index is 707. The van der Waals surface area contributed by atoms with E-state index in [0.717, 1.165) is 23.1 Å². The van der Waals surface area contributed by atoms with Crippen molar-refractivity contribution in [2.24, 2.45) is 0 Å². The summed E-state index contributed by atoms with van der Waals surface area (Å²) in [6.07, 6.45) is 0.671. The molecule has 0 radical (unpaired) electrons. The second-order valence-electron chi connectivity index (χ2n) is 5.19. The fraction of sp³-hybridized carbons (Fsp3) is 0.400. The molecule has 21 heavy (non-hydrogen) atoms. The number of carboxylic acid groups (broad SMARTS) is 1. The van der Waals surface area contributed by atoms with Crippen LogP contribution >= 0.6 is 0 Å². The van der Waals surface area contributed by atoms with Crippen molar-refractivity contribution in [3.63, 3.8) is 0 Å². The van der Waals surface area contributed by atoms with Crippen molar-refractivity contribution in [3.05, 3.63) is 30.0 Å². The molecule has 1 aliphatic heterocycles. The molecule has 1 unspecified atom stereocenters. The van der Waals surface area contributed by atoms with Gasteiger partial charge in [-0.05, 0) is 19.4 Å². The summed E-state index contributed by atoms with van der Waals surface area (Å²) in [5.74, 6) is -1.06.